The van der Waals surface area contributed by atoms with Crippen LogP contribution in [0.25, 0.3) is 10.2 Å². The number of allylic oxidation sites excluding steroid dienone is 1. The van der Waals surface area contributed by atoms with Crippen LogP contribution >= 0.6 is 23.1 Å². The fourth-order valence-electron chi connectivity index (χ4n) is 3.48. The summed E-state index contributed by atoms with van der Waals surface area (Å²) in [4.78, 5) is 31.9. The summed E-state index contributed by atoms with van der Waals surface area (Å²) >= 11 is 3.04. The van der Waals surface area contributed by atoms with Gasteiger partial charge in [-0.25, -0.2) is 9.78 Å². The lowest BCUT2D eigenvalue weighted by Gasteiger charge is -2.12. The van der Waals surface area contributed by atoms with Crippen LogP contribution in [0.4, 0.5) is 0 Å². The van der Waals surface area contributed by atoms with Gasteiger partial charge in [-0.05, 0) is 37.3 Å². The van der Waals surface area contributed by atoms with Crippen LogP contribution in [0.15, 0.2) is 39.4 Å². The van der Waals surface area contributed by atoms with E-state index in [2.05, 4.69) is 6.58 Å². The number of fused-ring (bicyclic) bond motifs is 3. The topological polar surface area (TPSA) is 74.3 Å². The maximum absolute atomic E-state index is 13.2. The molecule has 3 heterocycles. The Morgan fingerprint density at radius 2 is 2.29 bits per heavy atom. The summed E-state index contributed by atoms with van der Waals surface area (Å²) in [6.45, 7) is 4.17. The lowest BCUT2D eigenvalue weighted by Crippen LogP contribution is -2.23. The molecule has 6 nitrogen and oxygen atoms in total. The minimum Gasteiger partial charge on any atom is -0.463 e. The SMILES string of the molecule is C=CCn1c(SCc2ccoc2C(=O)OC)nc2sc3c(c2c1=O)CCCC3. The molecule has 0 fully saturated rings. The Labute approximate surface area is 170 Å². The third kappa shape index (κ3) is 3.31. The van der Waals surface area contributed by atoms with E-state index < -0.39 is 5.97 Å². The van der Waals surface area contributed by atoms with Crippen LogP contribution in [0.5, 0.6) is 0 Å². The number of esters is 1. The molecule has 3 aromatic heterocycles. The molecule has 0 aromatic carbocycles. The summed E-state index contributed by atoms with van der Waals surface area (Å²) in [6.07, 6.45) is 7.42. The van der Waals surface area contributed by atoms with Gasteiger partial charge in [0.1, 0.15) is 4.83 Å². The van der Waals surface area contributed by atoms with Crippen molar-refractivity contribution in [1.82, 2.24) is 9.55 Å². The molecule has 0 amide bonds. The van der Waals surface area contributed by atoms with Gasteiger partial charge in [-0.3, -0.25) is 9.36 Å². The van der Waals surface area contributed by atoms with E-state index in [9.17, 15) is 9.59 Å². The van der Waals surface area contributed by atoms with Crippen molar-refractivity contribution in [3.8, 4) is 0 Å². The van der Waals surface area contributed by atoms with Crippen molar-refractivity contribution in [2.45, 2.75) is 43.1 Å². The second kappa shape index (κ2) is 7.97. The molecule has 8 heteroatoms. The molecule has 28 heavy (non-hydrogen) atoms. The van der Waals surface area contributed by atoms with Crippen LogP contribution in [0.1, 0.15) is 39.4 Å². The lowest BCUT2D eigenvalue weighted by atomic mass is 9.97. The zero-order valence-electron chi connectivity index (χ0n) is 15.5. The Bertz CT molecular complexity index is 1110. The zero-order valence-corrected chi connectivity index (χ0v) is 17.2. The number of carbonyl (C=O) groups excluding carboxylic acids is 1. The van der Waals surface area contributed by atoms with Crippen molar-refractivity contribution in [2.75, 3.05) is 7.11 Å². The number of methoxy groups -OCH3 is 1. The van der Waals surface area contributed by atoms with Crippen LogP contribution < -0.4 is 5.56 Å². The van der Waals surface area contributed by atoms with Gasteiger partial charge in [0.2, 0.25) is 5.76 Å². The van der Waals surface area contributed by atoms with E-state index in [1.807, 2.05) is 0 Å². The van der Waals surface area contributed by atoms with E-state index in [4.69, 9.17) is 14.1 Å². The Balaban J connectivity index is 1.73. The summed E-state index contributed by atoms with van der Waals surface area (Å²) in [6, 6.07) is 1.73. The molecule has 0 aliphatic heterocycles. The number of thiophene rings is 1. The van der Waals surface area contributed by atoms with Crippen molar-refractivity contribution in [3.63, 3.8) is 0 Å². The molecule has 0 radical (unpaired) electrons. The van der Waals surface area contributed by atoms with E-state index in [1.165, 1.54) is 42.0 Å². The highest BCUT2D eigenvalue weighted by molar-refractivity contribution is 7.98. The normalized spacial score (nSPS) is 13.5. The van der Waals surface area contributed by atoms with Gasteiger partial charge in [0.25, 0.3) is 5.56 Å². The first-order valence-electron chi connectivity index (χ1n) is 9.07. The van der Waals surface area contributed by atoms with Crippen LogP contribution in [0, 0.1) is 0 Å². The number of hydrogen-bond donors (Lipinski definition) is 0. The van der Waals surface area contributed by atoms with Crippen molar-refractivity contribution < 1.29 is 13.9 Å². The summed E-state index contributed by atoms with van der Waals surface area (Å²) in [5.41, 5.74) is 1.88. The van der Waals surface area contributed by atoms with Crippen molar-refractivity contribution in [2.24, 2.45) is 0 Å². The third-order valence-corrected chi connectivity index (χ3v) is 7.04. The smallest absolute Gasteiger partial charge is 0.374 e. The third-order valence-electron chi connectivity index (χ3n) is 4.83. The highest BCUT2D eigenvalue weighted by Gasteiger charge is 2.23. The fraction of sp³-hybridized carbons (Fsp3) is 0.350. The maximum Gasteiger partial charge on any atom is 0.374 e. The molecular formula is C20H20N2O4S2. The molecule has 0 saturated heterocycles. The molecule has 0 spiro atoms. The summed E-state index contributed by atoms with van der Waals surface area (Å²) < 4.78 is 11.7. The monoisotopic (exact) mass is 416 g/mol. The van der Waals surface area contributed by atoms with E-state index >= 15 is 0 Å². The molecule has 0 N–H and O–H groups in total. The lowest BCUT2D eigenvalue weighted by molar-refractivity contribution is 0.0564. The van der Waals surface area contributed by atoms with Gasteiger partial charge >= 0.3 is 5.97 Å². The Morgan fingerprint density at radius 3 is 3.07 bits per heavy atom. The van der Waals surface area contributed by atoms with E-state index in [0.717, 1.165) is 29.5 Å². The van der Waals surface area contributed by atoms with Gasteiger partial charge in [0.15, 0.2) is 5.16 Å². The zero-order chi connectivity index (χ0) is 19.7. The average molecular weight is 417 g/mol. The van der Waals surface area contributed by atoms with Crippen LogP contribution in [-0.4, -0.2) is 22.6 Å². The number of hydrogen-bond acceptors (Lipinski definition) is 7. The minimum absolute atomic E-state index is 0.00724. The Kier molecular flexibility index (Phi) is 5.41. The standard InChI is InChI=1S/C20H20N2O4S2/c1-3-9-22-18(23)15-13-6-4-5-7-14(13)28-17(15)21-20(22)27-11-12-8-10-26-16(12)19(24)25-2/h3,8,10H,1,4-7,9,11H2,2H3. The molecule has 0 atom stereocenters. The number of nitrogens with zero attached hydrogens (tertiary/aromatic N) is 2. The van der Waals surface area contributed by atoms with Gasteiger partial charge < -0.3 is 9.15 Å². The Morgan fingerprint density at radius 1 is 1.46 bits per heavy atom. The molecule has 0 unspecified atom stereocenters. The van der Waals surface area contributed by atoms with Crippen LogP contribution in [-0.2, 0) is 29.9 Å². The number of thioether (sulfide) groups is 1. The molecular weight excluding hydrogens is 396 g/mol. The largest absolute Gasteiger partial charge is 0.463 e. The number of aryl methyl sites for hydroxylation is 2. The number of furan rings is 1. The number of rotatable bonds is 6. The molecule has 0 bridgehead atoms. The number of carbonyl (C=O) groups is 1. The van der Waals surface area contributed by atoms with E-state index in [1.54, 1.807) is 28.0 Å². The van der Waals surface area contributed by atoms with Crippen molar-refractivity contribution in [1.29, 1.82) is 0 Å². The van der Waals surface area contributed by atoms with Gasteiger partial charge in [0.05, 0.1) is 18.8 Å². The summed E-state index contributed by atoms with van der Waals surface area (Å²) in [7, 11) is 1.32. The Hall–Kier alpha value is -2.32. The first-order chi connectivity index (χ1) is 13.6. The molecule has 146 valence electrons. The first kappa shape index (κ1) is 19.0. The maximum atomic E-state index is 13.2. The number of ether oxygens (including phenoxy) is 1. The van der Waals surface area contributed by atoms with Gasteiger partial charge in [-0.15, -0.1) is 17.9 Å². The molecule has 4 rings (SSSR count). The van der Waals surface area contributed by atoms with Gasteiger partial charge in [-0.1, -0.05) is 17.8 Å². The molecule has 3 aromatic rings. The van der Waals surface area contributed by atoms with Crippen molar-refractivity contribution >= 4 is 39.3 Å². The second-order valence-electron chi connectivity index (χ2n) is 6.55. The van der Waals surface area contributed by atoms with Gasteiger partial charge in [-0.2, -0.15) is 0 Å². The molecule has 0 saturated carbocycles. The minimum atomic E-state index is -0.515. The highest BCUT2D eigenvalue weighted by atomic mass is 32.2. The highest BCUT2D eigenvalue weighted by Crippen LogP contribution is 2.35. The van der Waals surface area contributed by atoms with Crippen LogP contribution in [0.2, 0.25) is 0 Å². The quantitative estimate of drug-likeness (QED) is 0.260. The average Bonchev–Trinajstić information content (AvgIpc) is 3.32. The van der Waals surface area contributed by atoms with Gasteiger partial charge in [0, 0.05) is 22.7 Å². The molecule has 1 aliphatic carbocycles. The summed E-state index contributed by atoms with van der Waals surface area (Å²) in [5, 5.41) is 1.39. The fourth-order valence-corrected chi connectivity index (χ4v) is 5.77. The van der Waals surface area contributed by atoms with Crippen molar-refractivity contribution in [3.05, 3.63) is 57.1 Å². The van der Waals surface area contributed by atoms with E-state index in [0.29, 0.717) is 23.0 Å². The predicted octanol–water partition coefficient (Wildman–Crippen LogP) is 4.19. The second-order valence-corrected chi connectivity index (χ2v) is 8.57. The van der Waals surface area contributed by atoms with E-state index in [-0.39, 0.29) is 11.3 Å². The predicted molar refractivity (Wildman–Crippen MR) is 110 cm³/mol. The summed E-state index contributed by atoms with van der Waals surface area (Å²) in [5.74, 6) is 0.111. The first-order valence-corrected chi connectivity index (χ1v) is 10.9. The number of aromatic nitrogens is 2. The van der Waals surface area contributed by atoms with Crippen LogP contribution in [0.3, 0.4) is 0 Å². The molecule has 1 aliphatic rings.